The third-order valence-electron chi connectivity index (χ3n) is 5.87. The van der Waals surface area contributed by atoms with E-state index >= 15 is 0 Å². The Kier molecular flexibility index (Phi) is 6.72. The van der Waals surface area contributed by atoms with E-state index in [4.69, 9.17) is 4.74 Å². The number of aromatic nitrogens is 1. The number of anilines is 2. The molecule has 2 aromatic carbocycles. The molecule has 0 aliphatic carbocycles. The van der Waals surface area contributed by atoms with Gasteiger partial charge in [-0.1, -0.05) is 25.1 Å². The number of nitrogens with zero attached hydrogens (tertiary/aromatic N) is 2. The molecule has 0 spiro atoms. The van der Waals surface area contributed by atoms with Crippen LogP contribution in [0.15, 0.2) is 60.9 Å². The van der Waals surface area contributed by atoms with E-state index in [1.807, 2.05) is 69.4 Å². The van der Waals surface area contributed by atoms with Gasteiger partial charge in [0.25, 0.3) is 0 Å². The number of carbonyl (C=O) groups excluding carboxylic acids is 2. The molecule has 34 heavy (non-hydrogen) atoms. The first-order valence-electron chi connectivity index (χ1n) is 11.7. The van der Waals surface area contributed by atoms with Gasteiger partial charge in [-0.3, -0.25) is 14.7 Å². The van der Waals surface area contributed by atoms with E-state index in [9.17, 15) is 9.59 Å². The summed E-state index contributed by atoms with van der Waals surface area (Å²) in [5, 5.41) is 8.60. The zero-order chi connectivity index (χ0) is 24.3. The van der Waals surface area contributed by atoms with Crippen molar-refractivity contribution in [2.75, 3.05) is 17.2 Å². The molecule has 1 aliphatic rings. The van der Waals surface area contributed by atoms with Gasteiger partial charge in [0.2, 0.25) is 5.91 Å². The predicted molar refractivity (Wildman–Crippen MR) is 135 cm³/mol. The molecule has 1 aliphatic heterocycles. The predicted octanol–water partition coefficient (Wildman–Crippen LogP) is 5.23. The summed E-state index contributed by atoms with van der Waals surface area (Å²) in [6, 6.07) is 15.1. The molecule has 2 unspecified atom stereocenters. The van der Waals surface area contributed by atoms with Gasteiger partial charge < -0.3 is 15.4 Å². The standard InChI is InChI=1S/C27H32N4O3/c1-5-18-6-9-21(10-7-18)30-25(32)24-15-23(17-31(24)26(33)34-27(2,3)4)29-22-11-8-20-16-28-13-12-19(20)14-22/h6-14,16,23-24,29H,5,15,17H2,1-4H3,(H,30,32). The van der Waals surface area contributed by atoms with Crippen molar-refractivity contribution in [1.82, 2.24) is 9.88 Å². The average Bonchev–Trinajstić information content (AvgIpc) is 3.22. The Morgan fingerprint density at radius 1 is 1.06 bits per heavy atom. The van der Waals surface area contributed by atoms with Crippen molar-refractivity contribution < 1.29 is 14.3 Å². The largest absolute Gasteiger partial charge is 0.444 e. The molecule has 2 amide bonds. The molecule has 2 heterocycles. The number of benzene rings is 2. The van der Waals surface area contributed by atoms with Crippen LogP contribution in [0.5, 0.6) is 0 Å². The van der Waals surface area contributed by atoms with E-state index < -0.39 is 17.7 Å². The maximum atomic E-state index is 13.2. The average molecular weight is 461 g/mol. The lowest BCUT2D eigenvalue weighted by atomic mass is 10.1. The van der Waals surface area contributed by atoms with Crippen molar-refractivity contribution in [3.63, 3.8) is 0 Å². The quantitative estimate of drug-likeness (QED) is 0.545. The van der Waals surface area contributed by atoms with E-state index in [2.05, 4.69) is 28.6 Å². The van der Waals surface area contributed by atoms with Crippen molar-refractivity contribution in [2.24, 2.45) is 0 Å². The topological polar surface area (TPSA) is 83.6 Å². The smallest absolute Gasteiger partial charge is 0.411 e. The maximum absolute atomic E-state index is 13.2. The number of likely N-dealkylation sites (tertiary alicyclic amines) is 1. The van der Waals surface area contributed by atoms with Crippen LogP contribution in [0.25, 0.3) is 10.8 Å². The zero-order valence-corrected chi connectivity index (χ0v) is 20.2. The van der Waals surface area contributed by atoms with Gasteiger partial charge >= 0.3 is 6.09 Å². The minimum Gasteiger partial charge on any atom is -0.444 e. The molecular formula is C27H32N4O3. The first-order chi connectivity index (χ1) is 16.2. The Morgan fingerprint density at radius 2 is 1.79 bits per heavy atom. The summed E-state index contributed by atoms with van der Waals surface area (Å²) in [6.07, 6.45) is 4.52. The number of rotatable bonds is 5. The van der Waals surface area contributed by atoms with Crippen LogP contribution in [0, 0.1) is 0 Å². The van der Waals surface area contributed by atoms with Crippen molar-refractivity contribution >= 4 is 34.1 Å². The van der Waals surface area contributed by atoms with Gasteiger partial charge in [0.1, 0.15) is 11.6 Å². The first kappa shape index (κ1) is 23.5. The number of carbonyl (C=O) groups is 2. The molecule has 178 valence electrons. The lowest BCUT2D eigenvalue weighted by molar-refractivity contribution is -0.120. The van der Waals surface area contributed by atoms with E-state index in [0.29, 0.717) is 18.7 Å². The fourth-order valence-corrected chi connectivity index (χ4v) is 4.17. The van der Waals surface area contributed by atoms with E-state index in [1.54, 1.807) is 6.20 Å². The van der Waals surface area contributed by atoms with E-state index in [0.717, 1.165) is 22.9 Å². The summed E-state index contributed by atoms with van der Waals surface area (Å²) in [6.45, 7) is 7.93. The number of ether oxygens (including phenoxy) is 1. The maximum Gasteiger partial charge on any atom is 0.411 e. The first-order valence-corrected chi connectivity index (χ1v) is 11.7. The second kappa shape index (κ2) is 9.71. The van der Waals surface area contributed by atoms with Crippen molar-refractivity contribution in [3.8, 4) is 0 Å². The minimum absolute atomic E-state index is 0.0926. The Morgan fingerprint density at radius 3 is 2.50 bits per heavy atom. The number of hydrogen-bond donors (Lipinski definition) is 2. The van der Waals surface area contributed by atoms with Gasteiger partial charge in [0.05, 0.1) is 0 Å². The van der Waals surface area contributed by atoms with Gasteiger partial charge in [-0.15, -0.1) is 0 Å². The molecule has 0 bridgehead atoms. The molecule has 4 rings (SSSR count). The number of nitrogens with one attached hydrogen (secondary N) is 2. The fourth-order valence-electron chi connectivity index (χ4n) is 4.17. The molecule has 1 aromatic heterocycles. The lowest BCUT2D eigenvalue weighted by Crippen LogP contribution is -2.45. The van der Waals surface area contributed by atoms with Crippen LogP contribution >= 0.6 is 0 Å². The van der Waals surface area contributed by atoms with E-state index in [1.165, 1.54) is 10.5 Å². The summed E-state index contributed by atoms with van der Waals surface area (Å²) in [7, 11) is 0. The molecular weight excluding hydrogens is 428 g/mol. The van der Waals surface area contributed by atoms with Crippen molar-refractivity contribution in [3.05, 3.63) is 66.5 Å². The van der Waals surface area contributed by atoms with Gasteiger partial charge in [-0.05, 0) is 74.9 Å². The second-order valence-electron chi connectivity index (χ2n) is 9.70. The van der Waals surface area contributed by atoms with Crippen LogP contribution in [-0.4, -0.2) is 46.1 Å². The Bertz CT molecular complexity index is 1170. The fraction of sp³-hybridized carbons (Fsp3) is 0.370. The molecule has 1 saturated heterocycles. The normalized spacial score (nSPS) is 18.1. The van der Waals surface area contributed by atoms with Crippen LogP contribution in [0.1, 0.15) is 39.7 Å². The Labute approximate surface area is 200 Å². The summed E-state index contributed by atoms with van der Waals surface area (Å²) in [5.41, 5.74) is 2.20. The van der Waals surface area contributed by atoms with Crippen LogP contribution in [0.3, 0.4) is 0 Å². The molecule has 7 nitrogen and oxygen atoms in total. The zero-order valence-electron chi connectivity index (χ0n) is 20.2. The third-order valence-corrected chi connectivity index (χ3v) is 5.87. The van der Waals surface area contributed by atoms with Crippen molar-refractivity contribution in [2.45, 2.75) is 58.2 Å². The van der Waals surface area contributed by atoms with Crippen LogP contribution in [0.4, 0.5) is 16.2 Å². The summed E-state index contributed by atoms with van der Waals surface area (Å²) >= 11 is 0. The SMILES string of the molecule is CCc1ccc(NC(=O)C2CC(Nc3ccc4cnccc4c3)CN2C(=O)OC(C)(C)C)cc1. The molecule has 3 aromatic rings. The van der Waals surface area contributed by atoms with Crippen molar-refractivity contribution in [1.29, 1.82) is 0 Å². The molecule has 2 N–H and O–H groups in total. The van der Waals surface area contributed by atoms with Crippen LogP contribution < -0.4 is 10.6 Å². The van der Waals surface area contributed by atoms with Crippen LogP contribution in [-0.2, 0) is 16.0 Å². The highest BCUT2D eigenvalue weighted by molar-refractivity contribution is 5.97. The number of amides is 2. The lowest BCUT2D eigenvalue weighted by Gasteiger charge is -2.28. The third kappa shape index (κ3) is 5.65. The highest BCUT2D eigenvalue weighted by Gasteiger charge is 2.41. The second-order valence-corrected chi connectivity index (χ2v) is 9.70. The molecule has 0 radical (unpaired) electrons. The molecule has 0 saturated carbocycles. The highest BCUT2D eigenvalue weighted by Crippen LogP contribution is 2.27. The van der Waals surface area contributed by atoms with Crippen LogP contribution in [0.2, 0.25) is 0 Å². The summed E-state index contributed by atoms with van der Waals surface area (Å²) < 4.78 is 5.61. The number of fused-ring (bicyclic) bond motifs is 1. The Hall–Kier alpha value is -3.61. The van der Waals surface area contributed by atoms with Gasteiger partial charge in [-0.2, -0.15) is 0 Å². The van der Waals surface area contributed by atoms with Gasteiger partial charge in [-0.25, -0.2) is 4.79 Å². The number of hydrogen-bond acceptors (Lipinski definition) is 5. The summed E-state index contributed by atoms with van der Waals surface area (Å²) in [5.74, 6) is -0.219. The van der Waals surface area contributed by atoms with Gasteiger partial charge in [0.15, 0.2) is 0 Å². The molecule has 1 fully saturated rings. The number of aryl methyl sites for hydroxylation is 1. The molecule has 2 atom stereocenters. The number of pyridine rings is 1. The highest BCUT2D eigenvalue weighted by atomic mass is 16.6. The molecule has 7 heteroatoms. The Balaban J connectivity index is 1.51. The summed E-state index contributed by atoms with van der Waals surface area (Å²) in [4.78, 5) is 31.9. The monoisotopic (exact) mass is 460 g/mol. The minimum atomic E-state index is -0.647. The van der Waals surface area contributed by atoms with E-state index in [-0.39, 0.29) is 11.9 Å². The van der Waals surface area contributed by atoms with Gasteiger partial charge in [0, 0.05) is 41.7 Å².